The maximum atomic E-state index is 2.21. The first-order valence-electron chi connectivity index (χ1n) is 5.24. The predicted molar refractivity (Wildman–Crippen MR) is 72.7 cm³/mol. The Labute approximate surface area is 101 Å². The molecule has 0 radical (unpaired) electrons. The van der Waals surface area contributed by atoms with Gasteiger partial charge in [-0.2, -0.15) is 0 Å². The highest BCUT2D eigenvalue weighted by Gasteiger charge is 2.06. The van der Waals surface area contributed by atoms with Crippen LogP contribution in [0.25, 0.3) is 0 Å². The second-order valence-electron chi connectivity index (χ2n) is 3.57. The normalized spacial score (nSPS) is 10.1. The second kappa shape index (κ2) is 5.08. The molecule has 0 N–H and O–H groups in total. The summed E-state index contributed by atoms with van der Waals surface area (Å²) in [7, 11) is 2.10. The summed E-state index contributed by atoms with van der Waals surface area (Å²) in [6, 6.07) is 18.9. The van der Waals surface area contributed by atoms with Gasteiger partial charge in [-0.25, -0.2) is 0 Å². The quantitative estimate of drug-likeness (QED) is 0.726. The fourth-order valence-electron chi connectivity index (χ4n) is 1.70. The molecule has 0 saturated heterocycles. The molecule has 0 heterocycles. The number of anilines is 2. The van der Waals surface area contributed by atoms with Gasteiger partial charge in [-0.1, -0.05) is 30.3 Å². The first-order chi connectivity index (χ1) is 7.83. The molecule has 0 unspecified atom stereocenters. The van der Waals surface area contributed by atoms with Crippen LogP contribution in [0.3, 0.4) is 0 Å². The highest BCUT2D eigenvalue weighted by atomic mass is 32.2. The topological polar surface area (TPSA) is 3.24 Å². The van der Waals surface area contributed by atoms with Gasteiger partial charge in [0.25, 0.3) is 0 Å². The summed E-state index contributed by atoms with van der Waals surface area (Å²) in [4.78, 5) is 3.51. The third-order valence-electron chi connectivity index (χ3n) is 2.59. The van der Waals surface area contributed by atoms with Gasteiger partial charge in [0.2, 0.25) is 0 Å². The van der Waals surface area contributed by atoms with Gasteiger partial charge in [-0.3, -0.25) is 0 Å². The lowest BCUT2D eigenvalue weighted by atomic mass is 10.2. The van der Waals surface area contributed by atoms with Crippen molar-refractivity contribution in [2.24, 2.45) is 0 Å². The van der Waals surface area contributed by atoms with Crippen molar-refractivity contribution >= 4 is 23.1 Å². The minimum Gasteiger partial charge on any atom is -0.344 e. The molecule has 0 aliphatic heterocycles. The van der Waals surface area contributed by atoms with Crippen molar-refractivity contribution in [3.63, 3.8) is 0 Å². The number of para-hydroxylation sites is 2. The van der Waals surface area contributed by atoms with Crippen molar-refractivity contribution in [2.75, 3.05) is 18.2 Å². The third-order valence-corrected chi connectivity index (χ3v) is 3.38. The lowest BCUT2D eigenvalue weighted by Gasteiger charge is -2.21. The van der Waals surface area contributed by atoms with Crippen molar-refractivity contribution in [1.29, 1.82) is 0 Å². The smallest absolute Gasteiger partial charge is 0.0546 e. The summed E-state index contributed by atoms with van der Waals surface area (Å²) in [5.41, 5.74) is 2.46. The van der Waals surface area contributed by atoms with Crippen LogP contribution in [0.4, 0.5) is 11.4 Å². The molecular formula is C14H15NS. The lowest BCUT2D eigenvalue weighted by molar-refractivity contribution is 1.17. The molecule has 0 aromatic heterocycles. The van der Waals surface area contributed by atoms with Gasteiger partial charge in [0, 0.05) is 17.6 Å². The van der Waals surface area contributed by atoms with Crippen molar-refractivity contribution in [1.82, 2.24) is 0 Å². The highest BCUT2D eigenvalue weighted by Crippen LogP contribution is 2.31. The molecule has 0 saturated carbocycles. The number of benzene rings is 2. The Hall–Kier alpha value is -1.41. The summed E-state index contributed by atoms with van der Waals surface area (Å²) in [6.07, 6.45) is 2.11. The van der Waals surface area contributed by atoms with Crippen molar-refractivity contribution in [3.8, 4) is 0 Å². The minimum absolute atomic E-state index is 1.21. The van der Waals surface area contributed by atoms with Crippen LogP contribution >= 0.6 is 11.8 Å². The molecule has 2 aromatic rings. The molecule has 82 valence electrons. The monoisotopic (exact) mass is 229 g/mol. The van der Waals surface area contributed by atoms with Crippen molar-refractivity contribution in [2.45, 2.75) is 4.90 Å². The molecule has 0 aliphatic carbocycles. The van der Waals surface area contributed by atoms with Gasteiger partial charge in [-0.05, 0) is 30.5 Å². The van der Waals surface area contributed by atoms with Crippen LogP contribution in [0, 0.1) is 0 Å². The minimum atomic E-state index is 1.21. The number of nitrogens with zero attached hydrogens (tertiary/aromatic N) is 1. The molecule has 0 bridgehead atoms. The zero-order chi connectivity index (χ0) is 11.4. The second-order valence-corrected chi connectivity index (χ2v) is 4.41. The first-order valence-corrected chi connectivity index (χ1v) is 6.47. The SMILES string of the molecule is CSc1ccccc1N(C)c1ccccc1. The van der Waals surface area contributed by atoms with Crippen molar-refractivity contribution < 1.29 is 0 Å². The van der Waals surface area contributed by atoms with Crippen LogP contribution < -0.4 is 4.90 Å². The van der Waals surface area contributed by atoms with E-state index in [-0.39, 0.29) is 0 Å². The lowest BCUT2D eigenvalue weighted by Crippen LogP contribution is -2.09. The maximum Gasteiger partial charge on any atom is 0.0546 e. The summed E-state index contributed by atoms with van der Waals surface area (Å²) in [5, 5.41) is 0. The number of hydrogen-bond donors (Lipinski definition) is 0. The molecule has 0 aliphatic rings. The Morgan fingerprint density at radius 2 is 1.50 bits per heavy atom. The van der Waals surface area contributed by atoms with Crippen LogP contribution in [-0.4, -0.2) is 13.3 Å². The molecule has 2 rings (SSSR count). The first kappa shape index (κ1) is 11.1. The molecule has 0 fully saturated rings. The van der Waals surface area contributed by atoms with E-state index < -0.39 is 0 Å². The largest absolute Gasteiger partial charge is 0.344 e. The molecule has 2 heteroatoms. The zero-order valence-corrected chi connectivity index (χ0v) is 10.4. The standard InChI is InChI=1S/C14H15NS/c1-15(12-8-4-3-5-9-12)13-10-6-7-11-14(13)16-2/h3-11H,1-2H3. The van der Waals surface area contributed by atoms with Crippen LogP contribution in [-0.2, 0) is 0 Å². The Kier molecular flexibility index (Phi) is 3.52. The molecule has 0 spiro atoms. The van der Waals surface area contributed by atoms with Crippen LogP contribution in [0.2, 0.25) is 0 Å². The van der Waals surface area contributed by atoms with Crippen molar-refractivity contribution in [3.05, 3.63) is 54.6 Å². The number of thioether (sulfide) groups is 1. The highest BCUT2D eigenvalue weighted by molar-refractivity contribution is 7.98. The predicted octanol–water partition coefficient (Wildman–Crippen LogP) is 4.18. The van der Waals surface area contributed by atoms with Gasteiger partial charge in [0.1, 0.15) is 0 Å². The number of rotatable bonds is 3. The van der Waals surface area contributed by atoms with Gasteiger partial charge in [-0.15, -0.1) is 11.8 Å². The molecule has 0 atom stereocenters. The summed E-state index contributed by atoms with van der Waals surface area (Å²) in [6.45, 7) is 0. The van der Waals surface area contributed by atoms with E-state index in [1.54, 1.807) is 11.8 Å². The summed E-state index contributed by atoms with van der Waals surface area (Å²) < 4.78 is 0. The van der Waals surface area contributed by atoms with Crippen LogP contribution in [0.15, 0.2) is 59.5 Å². The van der Waals surface area contributed by atoms with Crippen LogP contribution in [0.5, 0.6) is 0 Å². The Morgan fingerprint density at radius 1 is 0.875 bits per heavy atom. The van der Waals surface area contributed by atoms with E-state index in [1.165, 1.54) is 16.3 Å². The molecular weight excluding hydrogens is 214 g/mol. The van der Waals surface area contributed by atoms with Gasteiger partial charge in [0.05, 0.1) is 5.69 Å². The van der Waals surface area contributed by atoms with E-state index in [9.17, 15) is 0 Å². The van der Waals surface area contributed by atoms with E-state index in [4.69, 9.17) is 0 Å². The van der Waals surface area contributed by atoms with Gasteiger partial charge < -0.3 is 4.90 Å². The third kappa shape index (κ3) is 2.22. The molecule has 1 nitrogen and oxygen atoms in total. The summed E-state index contributed by atoms with van der Waals surface area (Å²) in [5.74, 6) is 0. The average Bonchev–Trinajstić information content (AvgIpc) is 2.39. The van der Waals surface area contributed by atoms with E-state index in [0.717, 1.165) is 0 Å². The van der Waals surface area contributed by atoms with Gasteiger partial charge >= 0.3 is 0 Å². The van der Waals surface area contributed by atoms with Crippen LogP contribution in [0.1, 0.15) is 0 Å². The maximum absolute atomic E-state index is 2.21. The average molecular weight is 229 g/mol. The Balaban J connectivity index is 2.37. The van der Waals surface area contributed by atoms with E-state index in [1.807, 2.05) is 6.07 Å². The molecule has 2 aromatic carbocycles. The fraction of sp³-hybridized carbons (Fsp3) is 0.143. The van der Waals surface area contributed by atoms with E-state index >= 15 is 0 Å². The Morgan fingerprint density at radius 3 is 2.19 bits per heavy atom. The molecule has 0 amide bonds. The number of hydrogen-bond acceptors (Lipinski definition) is 2. The van der Waals surface area contributed by atoms with Gasteiger partial charge in [0.15, 0.2) is 0 Å². The zero-order valence-electron chi connectivity index (χ0n) is 9.55. The molecule has 16 heavy (non-hydrogen) atoms. The fourth-order valence-corrected chi connectivity index (χ4v) is 2.33. The van der Waals surface area contributed by atoms with E-state index in [0.29, 0.717) is 0 Å². The Bertz CT molecular complexity index is 453. The van der Waals surface area contributed by atoms with E-state index in [2.05, 4.69) is 66.7 Å². The summed E-state index contributed by atoms with van der Waals surface area (Å²) >= 11 is 1.78.